The van der Waals surface area contributed by atoms with E-state index in [2.05, 4.69) is 40.8 Å². The van der Waals surface area contributed by atoms with E-state index in [-0.39, 0.29) is 60.1 Å². The highest BCUT2D eigenvalue weighted by Crippen LogP contribution is 2.30. The maximum absolute atomic E-state index is 14.2. The first-order valence-corrected chi connectivity index (χ1v) is 19.5. The van der Waals surface area contributed by atoms with Gasteiger partial charge in [0.1, 0.15) is 6.04 Å². The van der Waals surface area contributed by atoms with Crippen LogP contribution in [0.5, 0.6) is 0 Å². The van der Waals surface area contributed by atoms with Crippen molar-refractivity contribution in [2.24, 2.45) is 17.8 Å². The van der Waals surface area contributed by atoms with Crippen molar-refractivity contribution in [3.05, 3.63) is 36.0 Å². The fraction of sp³-hybridized carbons (Fsp3) is 0.750. The SMILES string of the molecule is C=C(CC)C(C(CC(=O)N1CCC[C@H]1C(OC)C(C)C(=S)NC(CC1=CC=CCC1)C(C)O)OC)N(C)C(=O)[C@@H](NC(=O)[C@@H](NC)C(C)C)C(C)C. The fourth-order valence-corrected chi connectivity index (χ4v) is 7.82. The topological polar surface area (TPSA) is 132 Å². The summed E-state index contributed by atoms with van der Waals surface area (Å²) in [6, 6.07) is -2.27. The number of nitrogens with one attached hydrogen (secondary N) is 3. The third-order valence-electron chi connectivity index (χ3n) is 10.8. The summed E-state index contributed by atoms with van der Waals surface area (Å²) >= 11 is 5.90. The molecule has 0 aromatic carbocycles. The molecule has 2 aliphatic rings. The molecular weight excluding hydrogens is 679 g/mol. The number of likely N-dealkylation sites (N-methyl/N-ethyl adjacent to an activating group) is 2. The summed E-state index contributed by atoms with van der Waals surface area (Å²) in [6.45, 7) is 18.3. The van der Waals surface area contributed by atoms with Gasteiger partial charge in [0, 0.05) is 33.7 Å². The second-order valence-corrected chi connectivity index (χ2v) is 15.7. The normalized spacial score (nSPS) is 20.7. The van der Waals surface area contributed by atoms with E-state index < -0.39 is 30.3 Å². The summed E-state index contributed by atoms with van der Waals surface area (Å²) in [7, 11) is 6.64. The summed E-state index contributed by atoms with van der Waals surface area (Å²) in [5, 5.41) is 20.1. The number of allylic oxidation sites excluding steroid dienone is 3. The number of likely N-dealkylation sites (tertiary alicyclic amines) is 1. The molecule has 1 aliphatic heterocycles. The van der Waals surface area contributed by atoms with Crippen molar-refractivity contribution in [3.8, 4) is 0 Å². The molecule has 6 unspecified atom stereocenters. The van der Waals surface area contributed by atoms with Crippen LogP contribution in [0.4, 0.5) is 0 Å². The van der Waals surface area contributed by atoms with Crippen LogP contribution in [0.15, 0.2) is 36.0 Å². The molecule has 1 saturated heterocycles. The fourth-order valence-electron chi connectivity index (χ4n) is 7.54. The van der Waals surface area contributed by atoms with Crippen molar-refractivity contribution >= 4 is 34.9 Å². The number of nitrogens with zero attached hydrogens (tertiary/aromatic N) is 2. The van der Waals surface area contributed by atoms with Crippen molar-refractivity contribution in [2.75, 3.05) is 34.9 Å². The van der Waals surface area contributed by atoms with Gasteiger partial charge in [0.15, 0.2) is 0 Å². The lowest BCUT2D eigenvalue weighted by Crippen LogP contribution is -2.59. The molecule has 296 valence electrons. The Morgan fingerprint density at radius 1 is 1.08 bits per heavy atom. The summed E-state index contributed by atoms with van der Waals surface area (Å²) in [5.74, 6) is -0.976. The van der Waals surface area contributed by atoms with E-state index in [4.69, 9.17) is 21.7 Å². The van der Waals surface area contributed by atoms with Crippen LogP contribution in [0.25, 0.3) is 0 Å². The van der Waals surface area contributed by atoms with Crippen LogP contribution in [0.2, 0.25) is 0 Å². The zero-order valence-corrected chi connectivity index (χ0v) is 34.6. The van der Waals surface area contributed by atoms with E-state index in [1.54, 1.807) is 40.1 Å². The predicted octanol–water partition coefficient (Wildman–Crippen LogP) is 4.54. The molecule has 0 radical (unpaired) electrons. The minimum Gasteiger partial charge on any atom is -0.391 e. The van der Waals surface area contributed by atoms with Gasteiger partial charge < -0.3 is 40.3 Å². The lowest BCUT2D eigenvalue weighted by Gasteiger charge is -2.39. The summed E-state index contributed by atoms with van der Waals surface area (Å²) < 4.78 is 12.1. The molecule has 1 fully saturated rings. The molecule has 0 spiro atoms. The van der Waals surface area contributed by atoms with Crippen LogP contribution < -0.4 is 16.0 Å². The number of carbonyl (C=O) groups excluding carboxylic acids is 3. The maximum atomic E-state index is 14.2. The van der Waals surface area contributed by atoms with E-state index >= 15 is 0 Å². The quantitative estimate of drug-likeness (QED) is 0.0988. The third-order valence-corrected chi connectivity index (χ3v) is 11.3. The predicted molar refractivity (Wildman–Crippen MR) is 213 cm³/mol. The van der Waals surface area contributed by atoms with Gasteiger partial charge in [-0.25, -0.2) is 0 Å². The number of aliphatic hydroxyl groups is 1. The number of rotatable bonds is 21. The van der Waals surface area contributed by atoms with E-state index in [1.807, 2.05) is 46.4 Å². The van der Waals surface area contributed by atoms with Gasteiger partial charge in [0.05, 0.1) is 53.9 Å². The third kappa shape index (κ3) is 12.2. The first kappa shape index (κ1) is 45.5. The van der Waals surface area contributed by atoms with Crippen LogP contribution in [-0.4, -0.2) is 121 Å². The molecule has 0 saturated carbocycles. The highest BCUT2D eigenvalue weighted by atomic mass is 32.1. The van der Waals surface area contributed by atoms with Gasteiger partial charge in [-0.05, 0) is 64.3 Å². The van der Waals surface area contributed by atoms with Gasteiger partial charge in [0.25, 0.3) is 0 Å². The van der Waals surface area contributed by atoms with Gasteiger partial charge in [-0.15, -0.1) is 0 Å². The maximum Gasteiger partial charge on any atom is 0.245 e. The Kier molecular flexibility index (Phi) is 19.2. The molecule has 1 heterocycles. The van der Waals surface area contributed by atoms with Gasteiger partial charge in [0.2, 0.25) is 17.7 Å². The number of carbonyl (C=O) groups is 3. The first-order valence-electron chi connectivity index (χ1n) is 19.1. The number of amides is 3. The number of aliphatic hydroxyl groups excluding tert-OH is 1. The smallest absolute Gasteiger partial charge is 0.245 e. The zero-order chi connectivity index (χ0) is 39.3. The second kappa shape index (κ2) is 21.9. The largest absolute Gasteiger partial charge is 0.391 e. The Balaban J connectivity index is 2.25. The molecule has 0 aromatic heterocycles. The molecule has 4 N–H and O–H groups in total. The van der Waals surface area contributed by atoms with Gasteiger partial charge in [-0.3, -0.25) is 14.4 Å². The van der Waals surface area contributed by atoms with Crippen LogP contribution in [0, 0.1) is 17.8 Å². The minimum absolute atomic E-state index is 0.0311. The molecule has 52 heavy (non-hydrogen) atoms. The lowest BCUT2D eigenvalue weighted by molar-refractivity contribution is -0.144. The van der Waals surface area contributed by atoms with Crippen LogP contribution >= 0.6 is 12.2 Å². The number of ether oxygens (including phenoxy) is 2. The van der Waals surface area contributed by atoms with Crippen molar-refractivity contribution < 1.29 is 29.0 Å². The van der Waals surface area contributed by atoms with Crippen LogP contribution in [-0.2, 0) is 23.9 Å². The highest BCUT2D eigenvalue weighted by Gasteiger charge is 2.42. The van der Waals surface area contributed by atoms with Crippen molar-refractivity contribution in [1.29, 1.82) is 0 Å². The summed E-state index contributed by atoms with van der Waals surface area (Å²) in [6.07, 6.45) is 9.51. The molecule has 2 rings (SSSR count). The standard InChI is InChI=1S/C40H69N5O6S/c1-13-26(6)36(44(10)40(49)35(25(4)5)43-38(48)34(41-9)24(2)3)32(50-11)23-33(47)45-21-17-20-31(45)37(51-12)27(7)39(52)42-30(28(8)46)22-29-18-15-14-16-19-29/h14-15,18,24-25,27-28,30-32,34-37,41,46H,6,13,16-17,19-23H2,1-5,7-12H3,(H,42,52)(H,43,48)/t27?,28?,30?,31-,32?,34-,35-,36?,37?/m0/s1. The molecule has 9 atom stereocenters. The lowest BCUT2D eigenvalue weighted by atomic mass is 9.92. The Labute approximate surface area is 319 Å². The van der Waals surface area contributed by atoms with Gasteiger partial charge in [-0.1, -0.05) is 89.7 Å². The second-order valence-electron chi connectivity index (χ2n) is 15.3. The number of hydrogen-bond acceptors (Lipinski definition) is 8. The number of hydrogen-bond donors (Lipinski definition) is 4. The summed E-state index contributed by atoms with van der Waals surface area (Å²) in [4.78, 5) is 45.6. The average Bonchev–Trinajstić information content (AvgIpc) is 3.59. The molecule has 11 nitrogen and oxygen atoms in total. The minimum atomic E-state index is -0.776. The van der Waals surface area contributed by atoms with Crippen molar-refractivity contribution in [1.82, 2.24) is 25.8 Å². The first-order chi connectivity index (χ1) is 24.5. The van der Waals surface area contributed by atoms with Crippen LogP contribution in [0.1, 0.15) is 93.4 Å². The van der Waals surface area contributed by atoms with E-state index in [1.165, 1.54) is 5.57 Å². The molecule has 3 amide bonds. The molecular formula is C40H69N5O6S. The Morgan fingerprint density at radius 2 is 1.73 bits per heavy atom. The molecule has 1 aliphatic carbocycles. The van der Waals surface area contributed by atoms with E-state index in [0.29, 0.717) is 24.4 Å². The Bertz CT molecular complexity index is 1270. The number of thiocarbonyl (C=S) groups is 1. The van der Waals surface area contributed by atoms with E-state index in [0.717, 1.165) is 31.3 Å². The molecule has 0 bridgehead atoms. The number of methoxy groups -OCH3 is 2. The molecule has 12 heteroatoms. The monoisotopic (exact) mass is 747 g/mol. The Morgan fingerprint density at radius 3 is 2.23 bits per heavy atom. The summed E-state index contributed by atoms with van der Waals surface area (Å²) in [5.41, 5.74) is 2.03. The highest BCUT2D eigenvalue weighted by molar-refractivity contribution is 7.80. The van der Waals surface area contributed by atoms with Gasteiger partial charge in [-0.2, -0.15) is 0 Å². The van der Waals surface area contributed by atoms with E-state index in [9.17, 15) is 19.5 Å². The van der Waals surface area contributed by atoms with Gasteiger partial charge >= 0.3 is 0 Å². The van der Waals surface area contributed by atoms with Crippen molar-refractivity contribution in [3.63, 3.8) is 0 Å². The average molecular weight is 748 g/mol. The van der Waals surface area contributed by atoms with Crippen LogP contribution in [0.3, 0.4) is 0 Å². The Hall–Kier alpha value is -2.64. The van der Waals surface area contributed by atoms with Crippen molar-refractivity contribution in [2.45, 2.75) is 142 Å². The zero-order valence-electron chi connectivity index (χ0n) is 33.7. The molecule has 0 aromatic rings.